The predicted molar refractivity (Wildman–Crippen MR) is 97.3 cm³/mol. The zero-order valence-corrected chi connectivity index (χ0v) is 16.4. The summed E-state index contributed by atoms with van der Waals surface area (Å²) >= 11 is 0. The number of ether oxygens (including phenoxy) is 1. The van der Waals surface area contributed by atoms with Crippen LogP contribution in [0.15, 0.2) is 29.2 Å². The molecule has 2 aromatic rings. The smallest absolute Gasteiger partial charge is 0.259 e. The van der Waals surface area contributed by atoms with Crippen LogP contribution < -0.4 is 9.46 Å². The molecule has 0 unspecified atom stereocenters. The molecule has 1 N–H and O–H groups in total. The lowest BCUT2D eigenvalue weighted by Gasteiger charge is -2.14. The Bertz CT molecular complexity index is 903. The van der Waals surface area contributed by atoms with Crippen molar-refractivity contribution < 1.29 is 17.9 Å². The Morgan fingerprint density at radius 3 is 2.50 bits per heavy atom. The normalized spacial score (nSPS) is 11.4. The van der Waals surface area contributed by atoms with E-state index < -0.39 is 10.0 Å². The number of sulfonamides is 1. The maximum Gasteiger partial charge on any atom is 0.259 e. The number of carbonyl (C=O) groups is 1. The Balaban J connectivity index is 2.08. The summed E-state index contributed by atoms with van der Waals surface area (Å²) in [5.74, 6) is 0.302. The number of hydrogen-bond acceptors (Lipinski definition) is 5. The minimum absolute atomic E-state index is 0.0992. The van der Waals surface area contributed by atoms with Crippen LogP contribution in [0.1, 0.15) is 17.0 Å². The molecule has 1 heterocycles. The number of benzene rings is 1. The van der Waals surface area contributed by atoms with Gasteiger partial charge < -0.3 is 9.64 Å². The van der Waals surface area contributed by atoms with E-state index in [0.717, 1.165) is 11.4 Å². The van der Waals surface area contributed by atoms with Gasteiger partial charge >= 0.3 is 0 Å². The van der Waals surface area contributed by atoms with Gasteiger partial charge in [-0.05, 0) is 43.7 Å². The Hall–Kier alpha value is -2.39. The van der Waals surface area contributed by atoms with Crippen molar-refractivity contribution in [3.8, 4) is 5.75 Å². The number of aryl methyl sites for hydroxylation is 3. The van der Waals surface area contributed by atoms with Crippen LogP contribution in [0.5, 0.6) is 5.75 Å². The highest BCUT2D eigenvalue weighted by Gasteiger charge is 2.17. The molecule has 2 rings (SSSR count). The van der Waals surface area contributed by atoms with Crippen LogP contribution in [0.2, 0.25) is 0 Å². The van der Waals surface area contributed by atoms with Crippen molar-refractivity contribution in [2.75, 3.05) is 20.7 Å². The van der Waals surface area contributed by atoms with Gasteiger partial charge in [-0.15, -0.1) is 0 Å². The van der Waals surface area contributed by atoms with Crippen molar-refractivity contribution in [1.82, 2.24) is 19.4 Å². The van der Waals surface area contributed by atoms with E-state index in [1.54, 1.807) is 38.8 Å². The monoisotopic (exact) mass is 380 g/mol. The Morgan fingerprint density at radius 1 is 1.27 bits per heavy atom. The molecule has 26 heavy (non-hydrogen) atoms. The summed E-state index contributed by atoms with van der Waals surface area (Å²) in [6.45, 7) is 3.63. The Kier molecular flexibility index (Phi) is 6.04. The van der Waals surface area contributed by atoms with E-state index in [2.05, 4.69) is 9.82 Å². The fraction of sp³-hybridized carbons (Fsp3) is 0.412. The summed E-state index contributed by atoms with van der Waals surface area (Å²) in [7, 11) is 1.38. The largest absolute Gasteiger partial charge is 0.483 e. The van der Waals surface area contributed by atoms with Crippen molar-refractivity contribution in [3.05, 3.63) is 41.2 Å². The zero-order chi connectivity index (χ0) is 19.5. The second-order valence-corrected chi connectivity index (χ2v) is 8.00. The van der Waals surface area contributed by atoms with Gasteiger partial charge in [0.1, 0.15) is 5.75 Å². The first kappa shape index (κ1) is 19.9. The number of carbonyl (C=O) groups excluding carboxylic acids is 1. The maximum absolute atomic E-state index is 12.5. The molecule has 1 aromatic heterocycles. The molecule has 1 aromatic carbocycles. The van der Waals surface area contributed by atoms with Gasteiger partial charge in [0, 0.05) is 21.1 Å². The Labute approximate surface area is 153 Å². The van der Waals surface area contributed by atoms with Crippen molar-refractivity contribution >= 4 is 15.9 Å². The van der Waals surface area contributed by atoms with Gasteiger partial charge in [0.25, 0.3) is 5.91 Å². The first-order valence-corrected chi connectivity index (χ1v) is 9.51. The van der Waals surface area contributed by atoms with Gasteiger partial charge in [0.2, 0.25) is 10.0 Å². The average molecular weight is 380 g/mol. The molecule has 0 spiro atoms. The highest BCUT2D eigenvalue weighted by molar-refractivity contribution is 7.89. The molecule has 9 heteroatoms. The summed E-state index contributed by atoms with van der Waals surface area (Å²) in [5, 5.41) is 4.19. The molecule has 0 aliphatic heterocycles. The molecule has 0 fully saturated rings. The molecule has 8 nitrogen and oxygen atoms in total. The number of rotatable bonds is 7. The van der Waals surface area contributed by atoms with Gasteiger partial charge in [0.15, 0.2) is 6.61 Å². The molecule has 0 saturated heterocycles. The van der Waals surface area contributed by atoms with Crippen molar-refractivity contribution in [2.24, 2.45) is 7.05 Å². The highest BCUT2D eigenvalue weighted by Crippen LogP contribution is 2.22. The highest BCUT2D eigenvalue weighted by atomic mass is 32.2. The van der Waals surface area contributed by atoms with Crippen LogP contribution >= 0.6 is 0 Å². The fourth-order valence-electron chi connectivity index (χ4n) is 2.30. The van der Waals surface area contributed by atoms with E-state index in [0.29, 0.717) is 11.3 Å². The van der Waals surface area contributed by atoms with E-state index >= 15 is 0 Å². The van der Waals surface area contributed by atoms with E-state index in [4.69, 9.17) is 4.74 Å². The van der Waals surface area contributed by atoms with Gasteiger partial charge in [0.05, 0.1) is 22.8 Å². The van der Waals surface area contributed by atoms with Crippen molar-refractivity contribution in [3.63, 3.8) is 0 Å². The van der Waals surface area contributed by atoms with Crippen LogP contribution in [0.4, 0.5) is 0 Å². The van der Waals surface area contributed by atoms with Crippen LogP contribution in [0.3, 0.4) is 0 Å². The van der Waals surface area contributed by atoms with Crippen molar-refractivity contribution in [1.29, 1.82) is 0 Å². The van der Waals surface area contributed by atoms with Gasteiger partial charge in [-0.2, -0.15) is 5.10 Å². The van der Waals surface area contributed by atoms with E-state index in [9.17, 15) is 13.2 Å². The minimum Gasteiger partial charge on any atom is -0.483 e. The standard InChI is InChI=1S/C17H24N4O4S/c1-12-8-15(6-7-16(12)25-11-17(22)20(3)4)26(23,24)18-10-14-9-13(2)19-21(14)5/h6-9,18H,10-11H2,1-5H3. The van der Waals surface area contributed by atoms with E-state index in [1.807, 2.05) is 13.0 Å². The fourth-order valence-corrected chi connectivity index (χ4v) is 3.39. The molecule has 1 amide bonds. The number of nitrogens with zero attached hydrogens (tertiary/aromatic N) is 3. The van der Waals surface area contributed by atoms with E-state index in [-0.39, 0.29) is 24.0 Å². The van der Waals surface area contributed by atoms with E-state index in [1.165, 1.54) is 17.0 Å². The topological polar surface area (TPSA) is 93.5 Å². The summed E-state index contributed by atoms with van der Waals surface area (Å²) in [6, 6.07) is 6.36. The lowest BCUT2D eigenvalue weighted by Crippen LogP contribution is -2.27. The molecule has 0 atom stereocenters. The molecular formula is C17H24N4O4S. The first-order chi connectivity index (χ1) is 12.1. The van der Waals surface area contributed by atoms with Gasteiger partial charge in [-0.1, -0.05) is 0 Å². The summed E-state index contributed by atoms with van der Waals surface area (Å²) in [4.78, 5) is 13.2. The minimum atomic E-state index is -3.67. The number of hydrogen-bond donors (Lipinski definition) is 1. The summed E-state index contributed by atoms with van der Waals surface area (Å²) in [5.41, 5.74) is 2.23. The third-order valence-electron chi connectivity index (χ3n) is 3.85. The van der Waals surface area contributed by atoms with Gasteiger partial charge in [-0.3, -0.25) is 9.48 Å². The second-order valence-electron chi connectivity index (χ2n) is 6.23. The average Bonchev–Trinajstić information content (AvgIpc) is 2.89. The lowest BCUT2D eigenvalue weighted by molar-refractivity contribution is -0.130. The zero-order valence-electron chi connectivity index (χ0n) is 15.6. The molecule has 142 valence electrons. The molecule has 0 aliphatic carbocycles. The maximum atomic E-state index is 12.5. The number of amides is 1. The van der Waals surface area contributed by atoms with Crippen molar-refractivity contribution in [2.45, 2.75) is 25.3 Å². The van der Waals surface area contributed by atoms with Crippen LogP contribution in [0, 0.1) is 13.8 Å². The molecule has 0 aliphatic rings. The SMILES string of the molecule is Cc1cc(CNS(=O)(=O)c2ccc(OCC(=O)N(C)C)c(C)c2)n(C)n1. The number of aromatic nitrogens is 2. The van der Waals surface area contributed by atoms with Crippen LogP contribution in [0.25, 0.3) is 0 Å². The Morgan fingerprint density at radius 2 is 1.96 bits per heavy atom. The first-order valence-electron chi connectivity index (χ1n) is 8.03. The predicted octanol–water partition coefficient (Wildman–Crippen LogP) is 0.982. The molecular weight excluding hydrogens is 356 g/mol. The van der Waals surface area contributed by atoms with Crippen LogP contribution in [-0.2, 0) is 28.4 Å². The quantitative estimate of drug-likeness (QED) is 0.773. The third-order valence-corrected chi connectivity index (χ3v) is 5.25. The lowest BCUT2D eigenvalue weighted by atomic mass is 10.2. The third kappa shape index (κ3) is 4.83. The molecule has 0 bridgehead atoms. The molecule has 0 saturated carbocycles. The van der Waals surface area contributed by atoms with Crippen LogP contribution in [-0.4, -0.2) is 49.7 Å². The number of likely N-dealkylation sites (N-methyl/N-ethyl adjacent to an activating group) is 1. The number of nitrogens with one attached hydrogen (secondary N) is 1. The molecule has 0 radical (unpaired) electrons. The second kappa shape index (κ2) is 7.88. The summed E-state index contributed by atoms with van der Waals surface area (Å²) in [6.07, 6.45) is 0. The van der Waals surface area contributed by atoms with Gasteiger partial charge in [-0.25, -0.2) is 13.1 Å². The summed E-state index contributed by atoms with van der Waals surface area (Å²) < 4.78 is 34.7.